The second-order valence-corrected chi connectivity index (χ2v) is 4.69. The van der Waals surface area contributed by atoms with Crippen LogP contribution in [0.1, 0.15) is 31.4 Å². The first-order valence-electron chi connectivity index (χ1n) is 6.03. The van der Waals surface area contributed by atoms with Gasteiger partial charge in [0.05, 0.1) is 17.6 Å². The summed E-state index contributed by atoms with van der Waals surface area (Å²) >= 11 is 0. The van der Waals surface area contributed by atoms with Gasteiger partial charge in [-0.2, -0.15) is 13.2 Å². The zero-order chi connectivity index (χ0) is 13.2. The molecule has 0 radical (unpaired) electrons. The van der Waals surface area contributed by atoms with Crippen LogP contribution in [0.15, 0.2) is 12.3 Å². The summed E-state index contributed by atoms with van der Waals surface area (Å²) < 4.78 is 37.5. The fourth-order valence-corrected chi connectivity index (χ4v) is 2.24. The lowest BCUT2D eigenvalue weighted by Gasteiger charge is -2.15. The molecule has 0 bridgehead atoms. The van der Waals surface area contributed by atoms with Gasteiger partial charge >= 0.3 is 6.18 Å². The number of pyridine rings is 1. The summed E-state index contributed by atoms with van der Waals surface area (Å²) in [7, 11) is 0. The lowest BCUT2D eigenvalue weighted by Crippen LogP contribution is -2.14. The van der Waals surface area contributed by atoms with E-state index in [0.717, 1.165) is 25.1 Å². The number of nitrogens with two attached hydrogens (primary N) is 1. The number of nitrogens with zero attached hydrogens (tertiary/aromatic N) is 1. The quantitative estimate of drug-likeness (QED) is 0.875. The number of aromatic nitrogens is 1. The molecule has 1 aliphatic rings. The third-order valence-corrected chi connectivity index (χ3v) is 3.28. The number of rotatable bonds is 3. The van der Waals surface area contributed by atoms with Crippen molar-refractivity contribution in [3.8, 4) is 0 Å². The van der Waals surface area contributed by atoms with Crippen LogP contribution in [-0.4, -0.2) is 11.5 Å². The van der Waals surface area contributed by atoms with Crippen LogP contribution >= 0.6 is 0 Å². The van der Waals surface area contributed by atoms with E-state index in [2.05, 4.69) is 10.3 Å². The molecule has 0 spiro atoms. The zero-order valence-corrected chi connectivity index (χ0v) is 9.93. The minimum atomic E-state index is -4.43. The van der Waals surface area contributed by atoms with Crippen molar-refractivity contribution >= 4 is 11.4 Å². The van der Waals surface area contributed by atoms with Gasteiger partial charge in [0.15, 0.2) is 0 Å². The maximum atomic E-state index is 12.5. The summed E-state index contributed by atoms with van der Waals surface area (Å²) in [6, 6.07) is 0.976. The number of halogens is 3. The highest BCUT2D eigenvalue weighted by Crippen LogP contribution is 2.32. The minimum Gasteiger partial charge on any atom is -0.396 e. The summed E-state index contributed by atoms with van der Waals surface area (Å²) in [4.78, 5) is 3.30. The number of hydrogen-bond acceptors (Lipinski definition) is 3. The first-order valence-corrected chi connectivity index (χ1v) is 6.03. The van der Waals surface area contributed by atoms with E-state index in [4.69, 9.17) is 5.73 Å². The molecule has 3 nitrogen and oxygen atoms in total. The first-order chi connectivity index (χ1) is 8.47. The lowest BCUT2D eigenvalue weighted by atomic mass is 10.1. The van der Waals surface area contributed by atoms with Gasteiger partial charge in [0.1, 0.15) is 5.69 Å². The molecule has 100 valence electrons. The summed E-state index contributed by atoms with van der Waals surface area (Å²) in [5.74, 6) is 0.534. The molecule has 18 heavy (non-hydrogen) atoms. The number of nitrogen functional groups attached to an aromatic ring is 1. The van der Waals surface area contributed by atoms with Crippen molar-refractivity contribution in [1.29, 1.82) is 0 Å². The molecule has 0 aliphatic heterocycles. The predicted molar refractivity (Wildman–Crippen MR) is 64.1 cm³/mol. The molecule has 0 atom stereocenters. The van der Waals surface area contributed by atoms with Crippen LogP contribution < -0.4 is 11.1 Å². The summed E-state index contributed by atoms with van der Waals surface area (Å²) in [6.45, 7) is 0.672. The van der Waals surface area contributed by atoms with Crippen LogP contribution in [0.2, 0.25) is 0 Å². The van der Waals surface area contributed by atoms with Gasteiger partial charge in [-0.3, -0.25) is 0 Å². The van der Waals surface area contributed by atoms with Crippen LogP contribution in [0.25, 0.3) is 0 Å². The maximum absolute atomic E-state index is 12.5. The molecule has 1 aromatic rings. The third-order valence-electron chi connectivity index (χ3n) is 3.28. The Hall–Kier alpha value is -1.46. The van der Waals surface area contributed by atoms with E-state index in [-0.39, 0.29) is 5.69 Å². The van der Waals surface area contributed by atoms with E-state index in [1.54, 1.807) is 0 Å². The average molecular weight is 259 g/mol. The number of anilines is 2. The molecule has 0 unspecified atom stereocenters. The summed E-state index contributed by atoms with van der Waals surface area (Å²) in [5.41, 5.74) is 5.29. The highest BCUT2D eigenvalue weighted by molar-refractivity contribution is 5.65. The van der Waals surface area contributed by atoms with E-state index in [0.29, 0.717) is 18.2 Å². The van der Waals surface area contributed by atoms with Gasteiger partial charge in [0.25, 0.3) is 0 Å². The number of hydrogen-bond donors (Lipinski definition) is 2. The molecule has 1 aliphatic carbocycles. The topological polar surface area (TPSA) is 50.9 Å². The van der Waals surface area contributed by atoms with Crippen molar-refractivity contribution in [2.24, 2.45) is 5.92 Å². The molecule has 1 aromatic heterocycles. The molecule has 0 aromatic carbocycles. The van der Waals surface area contributed by atoms with Crippen molar-refractivity contribution in [1.82, 2.24) is 4.98 Å². The Balaban J connectivity index is 2.06. The van der Waals surface area contributed by atoms with Crippen LogP contribution in [0.5, 0.6) is 0 Å². The largest absolute Gasteiger partial charge is 0.433 e. The standard InChI is InChI=1S/C12H16F3N3/c13-12(14,15)11-5-10(9(16)7-18-11)17-6-8-3-1-2-4-8/h5,7-8H,1-4,6,16H2,(H,17,18). The highest BCUT2D eigenvalue weighted by atomic mass is 19.4. The van der Waals surface area contributed by atoms with Gasteiger partial charge in [-0.05, 0) is 24.8 Å². The molecule has 0 saturated heterocycles. The van der Waals surface area contributed by atoms with Gasteiger partial charge in [-0.15, -0.1) is 0 Å². The minimum absolute atomic E-state index is 0.251. The molecule has 6 heteroatoms. The second-order valence-electron chi connectivity index (χ2n) is 4.69. The first kappa shape index (κ1) is 13.0. The fraction of sp³-hybridized carbons (Fsp3) is 0.583. The lowest BCUT2D eigenvalue weighted by molar-refractivity contribution is -0.141. The van der Waals surface area contributed by atoms with Gasteiger partial charge in [-0.25, -0.2) is 4.98 Å². The third kappa shape index (κ3) is 3.05. The van der Waals surface area contributed by atoms with Crippen molar-refractivity contribution in [2.75, 3.05) is 17.6 Å². The van der Waals surface area contributed by atoms with Crippen molar-refractivity contribution in [2.45, 2.75) is 31.9 Å². The van der Waals surface area contributed by atoms with Crippen molar-refractivity contribution in [3.63, 3.8) is 0 Å². The zero-order valence-electron chi connectivity index (χ0n) is 9.93. The molecular weight excluding hydrogens is 243 g/mol. The Morgan fingerprint density at radius 3 is 2.61 bits per heavy atom. The van der Waals surface area contributed by atoms with Crippen molar-refractivity contribution in [3.05, 3.63) is 18.0 Å². The second kappa shape index (κ2) is 5.04. The predicted octanol–water partition coefficient (Wildman–Crippen LogP) is 3.28. The summed E-state index contributed by atoms with van der Waals surface area (Å²) in [5, 5.41) is 3.00. The summed E-state index contributed by atoms with van der Waals surface area (Å²) in [6.07, 6.45) is 1.28. The van der Waals surface area contributed by atoms with Crippen LogP contribution in [0.4, 0.5) is 24.5 Å². The van der Waals surface area contributed by atoms with Gasteiger partial charge < -0.3 is 11.1 Å². The van der Waals surface area contributed by atoms with E-state index >= 15 is 0 Å². The maximum Gasteiger partial charge on any atom is 0.433 e. The molecule has 2 rings (SSSR count). The Morgan fingerprint density at radius 1 is 1.33 bits per heavy atom. The molecule has 1 heterocycles. The van der Waals surface area contributed by atoms with E-state index in [1.807, 2.05) is 0 Å². The average Bonchev–Trinajstić information content (AvgIpc) is 2.79. The Labute approximate surface area is 104 Å². The number of nitrogens with one attached hydrogen (secondary N) is 1. The van der Waals surface area contributed by atoms with Crippen LogP contribution in [0.3, 0.4) is 0 Å². The normalized spacial score (nSPS) is 17.1. The van der Waals surface area contributed by atoms with Gasteiger partial charge in [0.2, 0.25) is 0 Å². The highest BCUT2D eigenvalue weighted by Gasteiger charge is 2.33. The fourth-order valence-electron chi connectivity index (χ4n) is 2.24. The molecule has 1 saturated carbocycles. The Morgan fingerprint density at radius 2 is 2.00 bits per heavy atom. The van der Waals surface area contributed by atoms with E-state index < -0.39 is 11.9 Å². The SMILES string of the molecule is Nc1cnc(C(F)(F)F)cc1NCC1CCCC1. The molecular formula is C12H16F3N3. The van der Waals surface area contributed by atoms with Crippen LogP contribution in [0, 0.1) is 5.92 Å². The van der Waals surface area contributed by atoms with Crippen LogP contribution in [-0.2, 0) is 6.18 Å². The molecule has 3 N–H and O–H groups in total. The monoisotopic (exact) mass is 259 g/mol. The Bertz CT molecular complexity index is 412. The van der Waals surface area contributed by atoms with Crippen molar-refractivity contribution < 1.29 is 13.2 Å². The molecule has 0 amide bonds. The van der Waals surface area contributed by atoms with E-state index in [9.17, 15) is 13.2 Å². The van der Waals surface area contributed by atoms with E-state index in [1.165, 1.54) is 12.8 Å². The van der Waals surface area contributed by atoms with Gasteiger partial charge in [0, 0.05) is 6.54 Å². The van der Waals surface area contributed by atoms with Gasteiger partial charge in [-0.1, -0.05) is 12.8 Å². The smallest absolute Gasteiger partial charge is 0.396 e. The molecule has 1 fully saturated rings. The number of alkyl halides is 3. The Kier molecular flexibility index (Phi) is 3.63.